The lowest BCUT2D eigenvalue weighted by Crippen LogP contribution is -2.46. The van der Waals surface area contributed by atoms with Crippen LogP contribution in [0.4, 0.5) is 5.69 Å². The van der Waals surface area contributed by atoms with Crippen molar-refractivity contribution in [2.75, 3.05) is 57.5 Å². The van der Waals surface area contributed by atoms with E-state index in [1.54, 1.807) is 0 Å². The highest BCUT2D eigenvalue weighted by Gasteiger charge is 2.50. The van der Waals surface area contributed by atoms with Gasteiger partial charge in [-0.05, 0) is 17.7 Å². The van der Waals surface area contributed by atoms with Gasteiger partial charge in [-0.1, -0.05) is 18.2 Å². The minimum absolute atomic E-state index is 0.177. The van der Waals surface area contributed by atoms with Crippen LogP contribution in [0.1, 0.15) is 11.1 Å². The van der Waals surface area contributed by atoms with Crippen molar-refractivity contribution in [2.24, 2.45) is 0 Å². The number of anilines is 1. The highest BCUT2D eigenvalue weighted by Crippen LogP contribution is 2.54. The van der Waals surface area contributed by atoms with E-state index in [1.165, 1.54) is 16.8 Å². The third-order valence-corrected chi connectivity index (χ3v) is 6.28. The van der Waals surface area contributed by atoms with Crippen LogP contribution < -0.4 is 24.4 Å². The van der Waals surface area contributed by atoms with Crippen molar-refractivity contribution < 1.29 is 18.9 Å². The van der Waals surface area contributed by atoms with Crippen molar-refractivity contribution in [3.63, 3.8) is 0 Å². The van der Waals surface area contributed by atoms with Crippen LogP contribution in [-0.2, 0) is 10.2 Å². The number of nitrogens with zero attached hydrogens (tertiary/aromatic N) is 1. The molecule has 6 heteroatoms. The van der Waals surface area contributed by atoms with E-state index < -0.39 is 0 Å². The Balaban J connectivity index is 1.40. The molecule has 4 aliphatic heterocycles. The molecule has 4 heterocycles. The number of fused-ring (bicyclic) bond motifs is 5. The zero-order chi connectivity index (χ0) is 18.6. The van der Waals surface area contributed by atoms with E-state index in [0.29, 0.717) is 19.8 Å². The fraction of sp³-hybridized carbons (Fsp3) is 0.455. The van der Waals surface area contributed by atoms with Gasteiger partial charge >= 0.3 is 0 Å². The number of nitrogens with one attached hydrogen (secondary N) is 1. The molecule has 0 amide bonds. The molecule has 1 saturated heterocycles. The van der Waals surface area contributed by atoms with Crippen LogP contribution in [0.15, 0.2) is 36.4 Å². The van der Waals surface area contributed by atoms with Gasteiger partial charge in [0.2, 0.25) is 0 Å². The monoisotopic (exact) mass is 380 g/mol. The van der Waals surface area contributed by atoms with Crippen molar-refractivity contribution in [1.82, 2.24) is 5.32 Å². The molecule has 0 aliphatic carbocycles. The summed E-state index contributed by atoms with van der Waals surface area (Å²) in [6, 6.07) is 12.8. The largest absolute Gasteiger partial charge is 0.492 e. The number of hydrogen-bond donors (Lipinski definition) is 1. The Labute approximate surface area is 164 Å². The number of para-hydroxylation sites is 1. The predicted octanol–water partition coefficient (Wildman–Crippen LogP) is 1.94. The smallest absolute Gasteiger partial charge is 0.165 e. The standard InChI is InChI=1S/C22H24N2O4/c1-2-4-18-16(3-1)22(13-24(18)12-15-11-23-5-6-25-15)14-28-19-10-21-20(9-17(19)22)26-7-8-27-21/h1-4,9-10,15,23H,5-8,11-14H2/t15-,22-/m0/s1. The quantitative estimate of drug-likeness (QED) is 0.860. The van der Waals surface area contributed by atoms with Gasteiger partial charge in [0, 0.05) is 43.5 Å². The summed E-state index contributed by atoms with van der Waals surface area (Å²) in [7, 11) is 0. The second kappa shape index (κ2) is 6.29. The second-order valence-corrected chi connectivity index (χ2v) is 7.96. The minimum Gasteiger partial charge on any atom is -0.492 e. The fourth-order valence-electron chi connectivity index (χ4n) is 4.99. The van der Waals surface area contributed by atoms with E-state index in [0.717, 1.165) is 50.0 Å². The highest BCUT2D eigenvalue weighted by molar-refractivity contribution is 5.70. The van der Waals surface area contributed by atoms with Gasteiger partial charge in [0.25, 0.3) is 0 Å². The lowest BCUT2D eigenvalue weighted by molar-refractivity contribution is 0.0333. The van der Waals surface area contributed by atoms with Crippen molar-refractivity contribution in [1.29, 1.82) is 0 Å². The lowest BCUT2D eigenvalue weighted by atomic mass is 9.77. The van der Waals surface area contributed by atoms with Gasteiger partial charge in [0.1, 0.15) is 25.6 Å². The number of hydrogen-bond acceptors (Lipinski definition) is 6. The molecule has 6 rings (SSSR count). The molecule has 0 saturated carbocycles. The van der Waals surface area contributed by atoms with Crippen molar-refractivity contribution in [3.05, 3.63) is 47.5 Å². The van der Waals surface area contributed by atoms with Crippen LogP contribution in [0.3, 0.4) is 0 Å². The summed E-state index contributed by atoms with van der Waals surface area (Å²) in [5.41, 5.74) is 3.63. The van der Waals surface area contributed by atoms with Gasteiger partial charge in [-0.15, -0.1) is 0 Å². The van der Waals surface area contributed by atoms with Gasteiger partial charge in [-0.3, -0.25) is 0 Å². The SMILES string of the molecule is c1ccc2c(c1)N(C[C@@H]1CNCCO1)C[C@]21COc2cc3c(cc21)OCCO3. The Morgan fingerprint density at radius 3 is 2.68 bits per heavy atom. The van der Waals surface area contributed by atoms with Crippen LogP contribution in [0.25, 0.3) is 0 Å². The number of benzene rings is 2. The first-order valence-electron chi connectivity index (χ1n) is 10.1. The van der Waals surface area contributed by atoms with E-state index in [-0.39, 0.29) is 11.5 Å². The molecule has 2 aromatic rings. The maximum Gasteiger partial charge on any atom is 0.165 e. The molecule has 0 radical (unpaired) electrons. The van der Waals surface area contributed by atoms with E-state index in [4.69, 9.17) is 18.9 Å². The molecule has 0 aromatic heterocycles. The molecule has 1 N–H and O–H groups in total. The van der Waals surface area contributed by atoms with Gasteiger partial charge in [0.05, 0.1) is 18.1 Å². The number of ether oxygens (including phenoxy) is 4. The van der Waals surface area contributed by atoms with Gasteiger partial charge < -0.3 is 29.2 Å². The van der Waals surface area contributed by atoms with E-state index in [1.807, 2.05) is 6.07 Å². The Bertz CT molecular complexity index is 911. The predicted molar refractivity (Wildman–Crippen MR) is 105 cm³/mol. The first-order chi connectivity index (χ1) is 13.8. The topological polar surface area (TPSA) is 52.2 Å². The molecule has 2 aromatic carbocycles. The molecule has 1 fully saturated rings. The van der Waals surface area contributed by atoms with E-state index in [9.17, 15) is 0 Å². The maximum absolute atomic E-state index is 6.19. The molecule has 6 nitrogen and oxygen atoms in total. The first kappa shape index (κ1) is 16.5. The van der Waals surface area contributed by atoms with Crippen molar-refractivity contribution in [2.45, 2.75) is 11.5 Å². The summed E-state index contributed by atoms with van der Waals surface area (Å²) in [6.45, 7) is 6.20. The van der Waals surface area contributed by atoms with Crippen LogP contribution in [0.2, 0.25) is 0 Å². The van der Waals surface area contributed by atoms with Gasteiger partial charge in [-0.25, -0.2) is 0 Å². The van der Waals surface area contributed by atoms with Crippen LogP contribution in [0.5, 0.6) is 17.2 Å². The van der Waals surface area contributed by atoms with Gasteiger partial charge in [-0.2, -0.15) is 0 Å². The summed E-state index contributed by atoms with van der Waals surface area (Å²) in [4.78, 5) is 2.46. The molecule has 146 valence electrons. The Morgan fingerprint density at radius 1 is 0.964 bits per heavy atom. The van der Waals surface area contributed by atoms with Crippen molar-refractivity contribution in [3.8, 4) is 17.2 Å². The van der Waals surface area contributed by atoms with Crippen molar-refractivity contribution >= 4 is 5.69 Å². The number of morpholine rings is 1. The molecule has 1 spiro atoms. The molecule has 0 unspecified atom stereocenters. The Morgan fingerprint density at radius 2 is 1.82 bits per heavy atom. The lowest BCUT2D eigenvalue weighted by Gasteiger charge is -2.31. The summed E-state index contributed by atoms with van der Waals surface area (Å²) in [6.07, 6.45) is 0.207. The Kier molecular flexibility index (Phi) is 3.71. The fourth-order valence-corrected chi connectivity index (χ4v) is 4.99. The van der Waals surface area contributed by atoms with Crippen LogP contribution in [0, 0.1) is 0 Å². The molecule has 28 heavy (non-hydrogen) atoms. The molecule has 2 atom stereocenters. The first-order valence-corrected chi connectivity index (χ1v) is 10.1. The third-order valence-electron chi connectivity index (χ3n) is 6.28. The summed E-state index contributed by atoms with van der Waals surface area (Å²) in [5.74, 6) is 2.52. The molecule has 0 bridgehead atoms. The summed E-state index contributed by atoms with van der Waals surface area (Å²) < 4.78 is 23.8. The second-order valence-electron chi connectivity index (χ2n) is 7.96. The molecular formula is C22H24N2O4. The normalized spacial score (nSPS) is 27.4. The summed E-state index contributed by atoms with van der Waals surface area (Å²) in [5, 5.41) is 3.44. The average molecular weight is 380 g/mol. The molecule has 4 aliphatic rings. The average Bonchev–Trinajstić information content (AvgIpc) is 3.26. The Hall–Kier alpha value is -2.44. The van der Waals surface area contributed by atoms with E-state index >= 15 is 0 Å². The third kappa shape index (κ3) is 2.41. The highest BCUT2D eigenvalue weighted by atomic mass is 16.6. The zero-order valence-corrected chi connectivity index (χ0v) is 15.8. The van der Waals surface area contributed by atoms with E-state index in [2.05, 4.69) is 40.5 Å². The molecular weight excluding hydrogens is 356 g/mol. The minimum atomic E-state index is -0.177. The maximum atomic E-state index is 6.19. The zero-order valence-electron chi connectivity index (χ0n) is 15.8. The summed E-state index contributed by atoms with van der Waals surface area (Å²) >= 11 is 0. The van der Waals surface area contributed by atoms with Crippen LogP contribution >= 0.6 is 0 Å². The van der Waals surface area contributed by atoms with Crippen LogP contribution in [-0.4, -0.2) is 58.7 Å². The van der Waals surface area contributed by atoms with Gasteiger partial charge in [0.15, 0.2) is 11.5 Å². The number of rotatable bonds is 2.